The lowest BCUT2D eigenvalue weighted by molar-refractivity contribution is -0.384. The van der Waals surface area contributed by atoms with Crippen LogP contribution in [0, 0.1) is 10.1 Å². The average Bonchev–Trinajstić information content (AvgIpc) is 2.37. The summed E-state index contributed by atoms with van der Waals surface area (Å²) in [7, 11) is 3.56. The van der Waals surface area contributed by atoms with Gasteiger partial charge >= 0.3 is 0 Å². The Morgan fingerprint density at radius 1 is 1.50 bits per heavy atom. The Labute approximate surface area is 132 Å². The van der Waals surface area contributed by atoms with Crippen LogP contribution >= 0.6 is 28.3 Å². The minimum Gasteiger partial charge on any atom is -0.344 e. The lowest BCUT2D eigenvalue weighted by atomic mass is 10.1. The van der Waals surface area contributed by atoms with Gasteiger partial charge in [-0.25, -0.2) is 0 Å². The van der Waals surface area contributed by atoms with Gasteiger partial charge in [-0.05, 0) is 12.6 Å². The predicted octanol–water partition coefficient (Wildman–Crippen LogP) is 2.00. The van der Waals surface area contributed by atoms with Crippen LogP contribution in [0.25, 0.3) is 0 Å². The van der Waals surface area contributed by atoms with E-state index in [0.29, 0.717) is 11.0 Å². The number of carbonyl (C=O) groups excluding carboxylic acids is 1. The van der Waals surface area contributed by atoms with Gasteiger partial charge in [-0.2, -0.15) is 0 Å². The maximum absolute atomic E-state index is 11.9. The number of rotatable bonds is 6. The number of nitrogens with zero attached hydrogens (tertiary/aromatic N) is 2. The number of amides is 1. The lowest BCUT2D eigenvalue weighted by Crippen LogP contribution is -2.33. The molecule has 20 heavy (non-hydrogen) atoms. The summed E-state index contributed by atoms with van der Waals surface area (Å²) in [6.07, 6.45) is 0.221. The van der Waals surface area contributed by atoms with E-state index >= 15 is 0 Å². The summed E-state index contributed by atoms with van der Waals surface area (Å²) in [6, 6.07) is 4.42. The molecule has 1 amide bonds. The number of likely N-dealkylation sites (N-methyl/N-ethyl adjacent to an activating group) is 2. The van der Waals surface area contributed by atoms with E-state index in [1.165, 1.54) is 12.1 Å². The van der Waals surface area contributed by atoms with Gasteiger partial charge in [-0.15, -0.1) is 12.4 Å². The van der Waals surface area contributed by atoms with Crippen molar-refractivity contribution >= 4 is 39.9 Å². The smallest absolute Gasteiger partial charge is 0.270 e. The first-order valence-corrected chi connectivity index (χ1v) is 6.56. The summed E-state index contributed by atoms with van der Waals surface area (Å²) in [4.78, 5) is 23.7. The lowest BCUT2D eigenvalue weighted by Gasteiger charge is -2.17. The van der Waals surface area contributed by atoms with Crippen molar-refractivity contribution in [1.29, 1.82) is 0 Å². The maximum Gasteiger partial charge on any atom is 0.270 e. The summed E-state index contributed by atoms with van der Waals surface area (Å²) < 4.78 is 0.581. The van der Waals surface area contributed by atoms with Gasteiger partial charge in [0.05, 0.1) is 11.3 Å². The third-order valence-electron chi connectivity index (χ3n) is 2.71. The molecule has 0 aliphatic carbocycles. The molecule has 0 saturated carbocycles. The zero-order chi connectivity index (χ0) is 14.4. The van der Waals surface area contributed by atoms with Gasteiger partial charge in [-0.3, -0.25) is 14.9 Å². The Hall–Kier alpha value is -1.18. The van der Waals surface area contributed by atoms with E-state index < -0.39 is 4.92 Å². The Balaban J connectivity index is 0.00000361. The molecule has 0 aromatic heterocycles. The van der Waals surface area contributed by atoms with E-state index in [-0.39, 0.29) is 30.4 Å². The Bertz CT molecular complexity index is 485. The highest BCUT2D eigenvalue weighted by molar-refractivity contribution is 9.10. The minimum absolute atomic E-state index is 0. The summed E-state index contributed by atoms with van der Waals surface area (Å²) in [6.45, 7) is 1.35. The molecule has 0 radical (unpaired) electrons. The van der Waals surface area contributed by atoms with Gasteiger partial charge < -0.3 is 10.2 Å². The second-order valence-corrected chi connectivity index (χ2v) is 4.98. The molecule has 0 spiro atoms. The number of nitro benzene ring substituents is 1. The number of halogens is 2. The number of benzene rings is 1. The molecule has 1 aromatic rings. The second-order valence-electron chi connectivity index (χ2n) is 4.13. The summed E-state index contributed by atoms with van der Waals surface area (Å²) in [5.74, 6) is -0.0233. The van der Waals surface area contributed by atoms with Crippen LogP contribution in [0.2, 0.25) is 0 Å². The van der Waals surface area contributed by atoms with Crippen molar-refractivity contribution in [3.63, 3.8) is 0 Å². The SMILES string of the molecule is CNCCN(C)C(=O)Cc1ccc([N+](=O)[O-])cc1Br.Cl. The first-order chi connectivity index (χ1) is 8.95. The van der Waals surface area contributed by atoms with Gasteiger partial charge in [0, 0.05) is 36.7 Å². The van der Waals surface area contributed by atoms with Crippen LogP contribution in [-0.2, 0) is 11.2 Å². The molecule has 1 N–H and O–H groups in total. The zero-order valence-corrected chi connectivity index (χ0v) is 13.7. The van der Waals surface area contributed by atoms with E-state index in [2.05, 4.69) is 21.2 Å². The molecule has 0 aliphatic rings. The van der Waals surface area contributed by atoms with Gasteiger partial charge in [-0.1, -0.05) is 22.0 Å². The first kappa shape index (κ1) is 18.8. The van der Waals surface area contributed by atoms with Gasteiger partial charge in [0.15, 0.2) is 0 Å². The molecular formula is C12H17BrClN3O3. The van der Waals surface area contributed by atoms with Crippen LogP contribution in [0.4, 0.5) is 5.69 Å². The fourth-order valence-electron chi connectivity index (χ4n) is 1.50. The van der Waals surface area contributed by atoms with Gasteiger partial charge in [0.1, 0.15) is 0 Å². The highest BCUT2D eigenvalue weighted by atomic mass is 79.9. The molecule has 6 nitrogen and oxygen atoms in total. The van der Waals surface area contributed by atoms with Crippen LogP contribution in [0.15, 0.2) is 22.7 Å². The predicted molar refractivity (Wildman–Crippen MR) is 83.3 cm³/mol. The number of non-ortho nitro benzene ring substituents is 1. The number of hydrogen-bond acceptors (Lipinski definition) is 4. The normalized spacial score (nSPS) is 9.75. The number of carbonyl (C=O) groups is 1. The van der Waals surface area contributed by atoms with Crippen molar-refractivity contribution in [2.75, 3.05) is 27.2 Å². The van der Waals surface area contributed by atoms with Crippen LogP contribution < -0.4 is 5.32 Å². The molecule has 8 heteroatoms. The number of nitrogens with one attached hydrogen (secondary N) is 1. The zero-order valence-electron chi connectivity index (χ0n) is 11.3. The molecular weight excluding hydrogens is 350 g/mol. The minimum atomic E-state index is -0.463. The molecule has 0 unspecified atom stereocenters. The summed E-state index contributed by atoms with van der Waals surface area (Å²) in [5, 5.41) is 13.6. The van der Waals surface area contributed by atoms with Crippen LogP contribution in [0.3, 0.4) is 0 Å². The van der Waals surface area contributed by atoms with Crippen LogP contribution in [-0.4, -0.2) is 42.9 Å². The summed E-state index contributed by atoms with van der Waals surface area (Å²) in [5.41, 5.74) is 0.749. The molecule has 0 bridgehead atoms. The van der Waals surface area contributed by atoms with Crippen molar-refractivity contribution in [2.24, 2.45) is 0 Å². The van der Waals surface area contributed by atoms with Crippen LogP contribution in [0.1, 0.15) is 5.56 Å². The fourth-order valence-corrected chi connectivity index (χ4v) is 2.00. The van der Waals surface area contributed by atoms with E-state index in [1.807, 2.05) is 7.05 Å². The Morgan fingerprint density at radius 2 is 2.15 bits per heavy atom. The van der Waals surface area contributed by atoms with Crippen molar-refractivity contribution in [1.82, 2.24) is 10.2 Å². The first-order valence-electron chi connectivity index (χ1n) is 5.77. The van der Waals surface area contributed by atoms with Crippen molar-refractivity contribution in [3.05, 3.63) is 38.3 Å². The van der Waals surface area contributed by atoms with E-state index in [1.54, 1.807) is 18.0 Å². The molecule has 1 rings (SSSR count). The monoisotopic (exact) mass is 365 g/mol. The highest BCUT2D eigenvalue weighted by Crippen LogP contribution is 2.23. The third-order valence-corrected chi connectivity index (χ3v) is 3.45. The molecule has 0 fully saturated rings. The van der Waals surface area contributed by atoms with Crippen molar-refractivity contribution in [3.8, 4) is 0 Å². The highest BCUT2D eigenvalue weighted by Gasteiger charge is 2.14. The second kappa shape index (κ2) is 8.89. The molecule has 0 saturated heterocycles. The van der Waals surface area contributed by atoms with Gasteiger partial charge in [0.25, 0.3) is 5.69 Å². The number of hydrogen-bond donors (Lipinski definition) is 1. The molecule has 1 aromatic carbocycles. The van der Waals surface area contributed by atoms with E-state index in [4.69, 9.17) is 0 Å². The molecule has 0 heterocycles. The van der Waals surface area contributed by atoms with Gasteiger partial charge in [0.2, 0.25) is 5.91 Å². The van der Waals surface area contributed by atoms with E-state index in [0.717, 1.165) is 12.1 Å². The topological polar surface area (TPSA) is 75.5 Å². The average molecular weight is 367 g/mol. The van der Waals surface area contributed by atoms with Crippen molar-refractivity contribution < 1.29 is 9.72 Å². The Kier molecular flexibility index (Phi) is 8.36. The number of nitro groups is 1. The van der Waals surface area contributed by atoms with Crippen LogP contribution in [0.5, 0.6) is 0 Å². The maximum atomic E-state index is 11.9. The standard InChI is InChI=1S/C12H16BrN3O3.ClH/c1-14-5-6-15(2)12(17)7-9-3-4-10(16(18)19)8-11(9)13;/h3-4,8,14H,5-7H2,1-2H3;1H. The fraction of sp³-hybridized carbons (Fsp3) is 0.417. The third kappa shape index (κ3) is 5.44. The molecule has 0 aliphatic heterocycles. The summed E-state index contributed by atoms with van der Waals surface area (Å²) >= 11 is 3.26. The Morgan fingerprint density at radius 3 is 2.65 bits per heavy atom. The van der Waals surface area contributed by atoms with E-state index in [9.17, 15) is 14.9 Å². The van der Waals surface area contributed by atoms with Crippen molar-refractivity contribution in [2.45, 2.75) is 6.42 Å². The largest absolute Gasteiger partial charge is 0.344 e. The molecule has 112 valence electrons. The molecule has 0 atom stereocenters. The quantitative estimate of drug-likeness (QED) is 0.617.